The number of hydrogen-bond acceptors (Lipinski definition) is 3. The van der Waals surface area contributed by atoms with Gasteiger partial charge in [-0.15, -0.1) is 24.0 Å². The van der Waals surface area contributed by atoms with Crippen LogP contribution in [-0.4, -0.2) is 19.6 Å². The number of benzene rings is 2. The maximum absolute atomic E-state index is 13.5. The highest BCUT2D eigenvalue weighted by Crippen LogP contribution is 2.31. The second-order valence-corrected chi connectivity index (χ2v) is 6.59. The van der Waals surface area contributed by atoms with Crippen LogP contribution in [0.5, 0.6) is 5.75 Å². The summed E-state index contributed by atoms with van der Waals surface area (Å²) in [5.41, 5.74) is 2.75. The number of nitrogens with one attached hydrogen (secondary N) is 2. The minimum absolute atomic E-state index is 0. The van der Waals surface area contributed by atoms with Gasteiger partial charge < -0.3 is 19.8 Å². The Hall–Kier alpha value is -2.29. The molecule has 0 aliphatic carbocycles. The van der Waals surface area contributed by atoms with Crippen LogP contribution < -0.4 is 15.4 Å². The molecule has 0 radical (unpaired) electrons. The van der Waals surface area contributed by atoms with E-state index in [0.717, 1.165) is 34.4 Å². The first-order valence-electron chi connectivity index (χ1n) is 9.02. The summed E-state index contributed by atoms with van der Waals surface area (Å²) in [6, 6.07) is 12.7. The van der Waals surface area contributed by atoms with Crippen molar-refractivity contribution in [3.63, 3.8) is 0 Å². The van der Waals surface area contributed by atoms with Crippen LogP contribution in [0.2, 0.25) is 0 Å². The number of guanidine groups is 1. The first kappa shape index (κ1) is 20.4. The number of hydrogen-bond donors (Lipinski definition) is 2. The van der Waals surface area contributed by atoms with Crippen molar-refractivity contribution in [3.05, 3.63) is 65.2 Å². The van der Waals surface area contributed by atoms with E-state index in [1.54, 1.807) is 13.1 Å². The van der Waals surface area contributed by atoms with Crippen molar-refractivity contribution in [2.75, 3.05) is 13.7 Å². The number of para-hydroxylation sites is 1. The Morgan fingerprint density at radius 3 is 2.89 bits per heavy atom. The van der Waals surface area contributed by atoms with Crippen molar-refractivity contribution in [1.29, 1.82) is 0 Å². The van der Waals surface area contributed by atoms with Crippen molar-refractivity contribution >= 4 is 40.9 Å². The lowest BCUT2D eigenvalue weighted by atomic mass is 10.0. The molecule has 2 aromatic carbocycles. The number of rotatable bonds is 3. The monoisotopic (exact) mass is 495 g/mol. The van der Waals surface area contributed by atoms with Crippen molar-refractivity contribution < 1.29 is 13.5 Å². The summed E-state index contributed by atoms with van der Waals surface area (Å²) >= 11 is 0. The third-order valence-corrected chi connectivity index (χ3v) is 4.91. The highest BCUT2D eigenvalue weighted by atomic mass is 127. The number of aryl methyl sites for hydroxylation is 1. The first-order chi connectivity index (χ1) is 13.2. The highest BCUT2D eigenvalue weighted by molar-refractivity contribution is 14.0. The van der Waals surface area contributed by atoms with E-state index in [2.05, 4.69) is 21.7 Å². The molecule has 1 aromatic heterocycles. The summed E-state index contributed by atoms with van der Waals surface area (Å²) in [5, 5.41) is 7.54. The van der Waals surface area contributed by atoms with E-state index < -0.39 is 0 Å². The zero-order chi connectivity index (χ0) is 18.8. The molecule has 7 heteroatoms. The molecule has 0 saturated carbocycles. The lowest BCUT2D eigenvalue weighted by Gasteiger charge is -2.28. The average Bonchev–Trinajstić information content (AvgIpc) is 3.00. The number of fused-ring (bicyclic) bond motifs is 2. The molecular weight excluding hydrogens is 472 g/mol. The molecule has 0 saturated heterocycles. The fourth-order valence-electron chi connectivity index (χ4n) is 3.43. The molecule has 4 rings (SSSR count). The van der Waals surface area contributed by atoms with Gasteiger partial charge in [-0.1, -0.05) is 18.2 Å². The molecule has 2 N–H and O–H groups in total. The molecule has 5 nitrogen and oxygen atoms in total. The number of aliphatic imine (C=N–C) groups is 1. The molecule has 1 aliphatic heterocycles. The summed E-state index contributed by atoms with van der Waals surface area (Å²) in [5.74, 6) is 2.10. The first-order valence-corrected chi connectivity index (χ1v) is 9.02. The second-order valence-electron chi connectivity index (χ2n) is 6.59. The van der Waals surface area contributed by atoms with Crippen LogP contribution in [0.1, 0.15) is 29.3 Å². The Labute approximate surface area is 180 Å². The molecule has 148 valence electrons. The molecule has 0 amide bonds. The van der Waals surface area contributed by atoms with Crippen molar-refractivity contribution in [1.82, 2.24) is 10.6 Å². The van der Waals surface area contributed by atoms with Gasteiger partial charge in [-0.2, -0.15) is 0 Å². The maximum atomic E-state index is 13.5. The van der Waals surface area contributed by atoms with E-state index in [9.17, 15) is 4.39 Å². The molecule has 2 heterocycles. The van der Waals surface area contributed by atoms with Gasteiger partial charge in [0, 0.05) is 30.0 Å². The lowest BCUT2D eigenvalue weighted by molar-refractivity contribution is 0.261. The predicted octanol–water partition coefficient (Wildman–Crippen LogP) is 4.69. The highest BCUT2D eigenvalue weighted by Gasteiger charge is 2.22. The quantitative estimate of drug-likeness (QED) is 0.315. The number of halogens is 2. The molecular formula is C21H23FIN3O2. The number of nitrogens with zero attached hydrogens (tertiary/aromatic N) is 1. The molecule has 1 aliphatic rings. The van der Waals surface area contributed by atoms with Gasteiger partial charge in [-0.05, 0) is 31.2 Å². The zero-order valence-electron chi connectivity index (χ0n) is 15.8. The van der Waals surface area contributed by atoms with E-state index in [1.807, 2.05) is 25.1 Å². The minimum Gasteiger partial charge on any atom is -0.493 e. The number of ether oxygens (including phenoxy) is 1. The van der Waals surface area contributed by atoms with E-state index >= 15 is 0 Å². The fraction of sp³-hybridized carbons (Fsp3) is 0.286. The SMILES string of the molecule is CN=C(NCc1oc2ccc(F)cc2c1C)NC1CCOc2ccccc21.I. The van der Waals surface area contributed by atoms with Crippen LogP contribution >= 0.6 is 24.0 Å². The third kappa shape index (κ3) is 4.09. The van der Waals surface area contributed by atoms with Gasteiger partial charge in [0.25, 0.3) is 0 Å². The second kappa shape index (κ2) is 8.81. The fourth-order valence-corrected chi connectivity index (χ4v) is 3.43. The number of furan rings is 1. The largest absolute Gasteiger partial charge is 0.493 e. The predicted molar refractivity (Wildman–Crippen MR) is 119 cm³/mol. The van der Waals surface area contributed by atoms with Crippen LogP contribution in [0.4, 0.5) is 4.39 Å². The average molecular weight is 495 g/mol. The van der Waals surface area contributed by atoms with Crippen molar-refractivity contribution in [2.45, 2.75) is 25.9 Å². The summed E-state index contributed by atoms with van der Waals surface area (Å²) < 4.78 is 25.1. The van der Waals surface area contributed by atoms with Gasteiger partial charge in [-0.3, -0.25) is 4.99 Å². The Kier molecular flexibility index (Phi) is 6.43. The van der Waals surface area contributed by atoms with Crippen molar-refractivity contribution in [3.8, 4) is 5.75 Å². The molecule has 0 spiro atoms. The van der Waals surface area contributed by atoms with Gasteiger partial charge in [0.2, 0.25) is 0 Å². The van der Waals surface area contributed by atoms with E-state index in [1.165, 1.54) is 12.1 Å². The topological polar surface area (TPSA) is 58.8 Å². The van der Waals surface area contributed by atoms with Crippen LogP contribution in [0.3, 0.4) is 0 Å². The maximum Gasteiger partial charge on any atom is 0.191 e. The van der Waals surface area contributed by atoms with Gasteiger partial charge in [-0.25, -0.2) is 4.39 Å². The smallest absolute Gasteiger partial charge is 0.191 e. The minimum atomic E-state index is -0.262. The molecule has 0 bridgehead atoms. The standard InChI is InChI=1S/C21H22FN3O2.HI/c1-13-16-11-14(22)7-8-19(16)27-20(13)12-24-21(23-2)25-17-9-10-26-18-6-4-3-5-15(17)18;/h3-8,11,17H,9-10,12H2,1-2H3,(H2,23,24,25);1H. The Morgan fingerprint density at radius 1 is 1.25 bits per heavy atom. The van der Waals surface area contributed by atoms with Gasteiger partial charge >= 0.3 is 0 Å². The van der Waals surface area contributed by atoms with E-state index in [-0.39, 0.29) is 35.8 Å². The third-order valence-electron chi connectivity index (χ3n) is 4.91. The van der Waals surface area contributed by atoms with Crippen LogP contribution in [0.15, 0.2) is 51.9 Å². The van der Waals surface area contributed by atoms with Gasteiger partial charge in [0.15, 0.2) is 5.96 Å². The van der Waals surface area contributed by atoms with Crippen LogP contribution in [-0.2, 0) is 6.54 Å². The molecule has 1 unspecified atom stereocenters. The Balaban J connectivity index is 0.00000225. The van der Waals surface area contributed by atoms with E-state index in [4.69, 9.17) is 9.15 Å². The van der Waals surface area contributed by atoms with Crippen LogP contribution in [0.25, 0.3) is 11.0 Å². The normalized spacial score (nSPS) is 16.1. The van der Waals surface area contributed by atoms with Gasteiger partial charge in [0.05, 0.1) is 19.2 Å². The van der Waals surface area contributed by atoms with Crippen molar-refractivity contribution in [2.24, 2.45) is 4.99 Å². The molecule has 28 heavy (non-hydrogen) atoms. The van der Waals surface area contributed by atoms with Gasteiger partial charge in [0.1, 0.15) is 22.9 Å². The summed E-state index contributed by atoms with van der Waals surface area (Å²) in [4.78, 5) is 4.32. The Bertz CT molecular complexity index is 1000. The molecule has 1 atom stereocenters. The molecule has 3 aromatic rings. The summed E-state index contributed by atoms with van der Waals surface area (Å²) in [7, 11) is 1.74. The van der Waals surface area contributed by atoms with Crippen LogP contribution in [0, 0.1) is 12.7 Å². The lowest BCUT2D eigenvalue weighted by Crippen LogP contribution is -2.40. The van der Waals surface area contributed by atoms with E-state index in [0.29, 0.717) is 24.7 Å². The summed E-state index contributed by atoms with van der Waals surface area (Å²) in [6.45, 7) is 3.07. The molecule has 0 fully saturated rings. The zero-order valence-corrected chi connectivity index (χ0v) is 18.1. The summed E-state index contributed by atoms with van der Waals surface area (Å²) in [6.07, 6.45) is 0.862. The Morgan fingerprint density at radius 2 is 2.07 bits per heavy atom.